The number of nitrogens with zero attached hydrogens (tertiary/aromatic N) is 1. The summed E-state index contributed by atoms with van der Waals surface area (Å²) in [6, 6.07) is 3.30. The molecule has 0 bridgehead atoms. The average molecular weight is 334 g/mol. The third-order valence-corrected chi connectivity index (χ3v) is 5.23. The number of thiocarbonyl (C=S) groups is 1. The van der Waals surface area contributed by atoms with Crippen molar-refractivity contribution in [2.45, 2.75) is 11.0 Å². The van der Waals surface area contributed by atoms with E-state index in [2.05, 4.69) is 0 Å². The lowest BCUT2D eigenvalue weighted by Gasteiger charge is -2.31. The molecule has 9 heteroatoms. The Balaban J connectivity index is 2.35. The second-order valence-corrected chi connectivity index (χ2v) is 6.92. The van der Waals surface area contributed by atoms with Crippen molar-refractivity contribution in [2.75, 3.05) is 26.3 Å². The van der Waals surface area contributed by atoms with Crippen molar-refractivity contribution in [2.24, 2.45) is 5.73 Å². The van der Waals surface area contributed by atoms with E-state index in [-0.39, 0.29) is 41.8 Å². The summed E-state index contributed by atoms with van der Waals surface area (Å²) in [5.74, 6) is -0.670. The molecule has 116 valence electrons. The quantitative estimate of drug-likeness (QED) is 0.744. The van der Waals surface area contributed by atoms with Crippen LogP contribution in [0, 0.1) is 5.82 Å². The van der Waals surface area contributed by atoms with Gasteiger partial charge in [0.2, 0.25) is 10.0 Å². The first-order valence-electron chi connectivity index (χ1n) is 6.18. The Hall–Kier alpha value is -1.13. The molecule has 1 aromatic carbocycles. The van der Waals surface area contributed by atoms with Crippen molar-refractivity contribution in [3.8, 4) is 0 Å². The van der Waals surface area contributed by atoms with Crippen LogP contribution in [0.4, 0.5) is 4.39 Å². The Morgan fingerprint density at radius 1 is 1.57 bits per heavy atom. The number of aliphatic hydroxyl groups excluding tert-OH is 1. The number of rotatable bonds is 4. The topological polar surface area (TPSA) is 92.9 Å². The summed E-state index contributed by atoms with van der Waals surface area (Å²) < 4.78 is 45.0. The molecule has 1 aliphatic rings. The predicted molar refractivity (Wildman–Crippen MR) is 77.9 cm³/mol. The highest BCUT2D eigenvalue weighted by molar-refractivity contribution is 7.89. The van der Waals surface area contributed by atoms with Gasteiger partial charge in [-0.3, -0.25) is 0 Å². The molecule has 2 rings (SSSR count). The summed E-state index contributed by atoms with van der Waals surface area (Å²) in [6.45, 7) is 0.124. The SMILES string of the molecule is NC(=S)c1cc(S(=O)(=O)N2CCOC(CO)C2)ccc1F. The summed E-state index contributed by atoms with van der Waals surface area (Å²) in [6.07, 6.45) is -0.566. The van der Waals surface area contributed by atoms with E-state index in [0.717, 1.165) is 18.2 Å². The fourth-order valence-electron chi connectivity index (χ4n) is 2.02. The van der Waals surface area contributed by atoms with Gasteiger partial charge in [-0.1, -0.05) is 12.2 Å². The Bertz CT molecular complexity index is 651. The Morgan fingerprint density at radius 2 is 2.29 bits per heavy atom. The zero-order chi connectivity index (χ0) is 15.6. The van der Waals surface area contributed by atoms with Crippen molar-refractivity contribution in [1.82, 2.24) is 4.31 Å². The summed E-state index contributed by atoms with van der Waals surface area (Å²) in [7, 11) is -3.82. The first-order valence-corrected chi connectivity index (χ1v) is 8.03. The van der Waals surface area contributed by atoms with Crippen LogP contribution in [0.2, 0.25) is 0 Å². The highest BCUT2D eigenvalue weighted by atomic mass is 32.2. The Labute approximate surface area is 127 Å². The zero-order valence-electron chi connectivity index (χ0n) is 11.0. The fourth-order valence-corrected chi connectivity index (χ4v) is 3.66. The highest BCUT2D eigenvalue weighted by Gasteiger charge is 2.31. The van der Waals surface area contributed by atoms with E-state index in [4.69, 9.17) is 27.8 Å². The van der Waals surface area contributed by atoms with E-state index < -0.39 is 21.9 Å². The van der Waals surface area contributed by atoms with Crippen LogP contribution < -0.4 is 5.73 Å². The third-order valence-electron chi connectivity index (χ3n) is 3.15. The molecule has 21 heavy (non-hydrogen) atoms. The van der Waals surface area contributed by atoms with Gasteiger partial charge in [-0.05, 0) is 18.2 Å². The Kier molecular flexibility index (Phi) is 4.89. The second kappa shape index (κ2) is 6.32. The molecule has 1 fully saturated rings. The molecule has 0 aliphatic carbocycles. The van der Waals surface area contributed by atoms with Crippen LogP contribution in [0.5, 0.6) is 0 Å². The van der Waals surface area contributed by atoms with Crippen molar-refractivity contribution >= 4 is 27.2 Å². The lowest BCUT2D eigenvalue weighted by molar-refractivity contribution is -0.0304. The maximum absolute atomic E-state index is 13.5. The number of morpholine rings is 1. The van der Waals surface area contributed by atoms with E-state index in [1.807, 2.05) is 0 Å². The smallest absolute Gasteiger partial charge is 0.243 e. The average Bonchev–Trinajstić information content (AvgIpc) is 2.47. The minimum absolute atomic E-state index is 0.0403. The number of hydrogen-bond acceptors (Lipinski definition) is 5. The summed E-state index contributed by atoms with van der Waals surface area (Å²) >= 11 is 4.70. The molecule has 0 spiro atoms. The van der Waals surface area contributed by atoms with Gasteiger partial charge in [-0.2, -0.15) is 4.31 Å². The molecule has 0 saturated carbocycles. The molecular weight excluding hydrogens is 319 g/mol. The van der Waals surface area contributed by atoms with Crippen LogP contribution in [0.25, 0.3) is 0 Å². The van der Waals surface area contributed by atoms with E-state index in [1.54, 1.807) is 0 Å². The van der Waals surface area contributed by atoms with Crippen molar-refractivity contribution in [1.29, 1.82) is 0 Å². The first-order chi connectivity index (χ1) is 9.86. The number of hydrogen-bond donors (Lipinski definition) is 2. The van der Waals surface area contributed by atoms with Gasteiger partial charge in [0, 0.05) is 18.7 Å². The van der Waals surface area contributed by atoms with Gasteiger partial charge in [-0.25, -0.2) is 12.8 Å². The molecule has 1 aromatic rings. The molecule has 1 unspecified atom stereocenters. The maximum atomic E-state index is 13.5. The normalized spacial score (nSPS) is 20.4. The van der Waals surface area contributed by atoms with Crippen LogP contribution in [0.1, 0.15) is 5.56 Å². The molecule has 3 N–H and O–H groups in total. The number of benzene rings is 1. The van der Waals surface area contributed by atoms with Gasteiger partial charge in [-0.15, -0.1) is 0 Å². The predicted octanol–water partition coefficient (Wildman–Crippen LogP) is -0.158. The zero-order valence-corrected chi connectivity index (χ0v) is 12.7. The molecule has 0 amide bonds. The lowest BCUT2D eigenvalue weighted by atomic mass is 10.2. The van der Waals surface area contributed by atoms with Crippen molar-refractivity contribution in [3.05, 3.63) is 29.6 Å². The monoisotopic (exact) mass is 334 g/mol. The molecular formula is C12H15FN2O4S2. The number of aliphatic hydroxyl groups is 1. The molecule has 1 atom stereocenters. The fraction of sp³-hybridized carbons (Fsp3) is 0.417. The molecule has 1 saturated heterocycles. The van der Waals surface area contributed by atoms with Gasteiger partial charge in [0.25, 0.3) is 0 Å². The van der Waals surface area contributed by atoms with Crippen LogP contribution in [0.15, 0.2) is 23.1 Å². The largest absolute Gasteiger partial charge is 0.394 e. The summed E-state index contributed by atoms with van der Waals surface area (Å²) in [5.41, 5.74) is 5.27. The van der Waals surface area contributed by atoms with Crippen LogP contribution >= 0.6 is 12.2 Å². The first kappa shape index (κ1) is 16.2. The third kappa shape index (κ3) is 3.38. The number of nitrogens with two attached hydrogens (primary N) is 1. The minimum Gasteiger partial charge on any atom is -0.394 e. The van der Waals surface area contributed by atoms with Gasteiger partial charge in [0.15, 0.2) is 0 Å². The van der Waals surface area contributed by atoms with Crippen molar-refractivity contribution in [3.63, 3.8) is 0 Å². The Morgan fingerprint density at radius 3 is 2.90 bits per heavy atom. The van der Waals surface area contributed by atoms with Crippen molar-refractivity contribution < 1.29 is 22.7 Å². The molecule has 0 aromatic heterocycles. The maximum Gasteiger partial charge on any atom is 0.243 e. The van der Waals surface area contributed by atoms with Crippen LogP contribution in [-0.2, 0) is 14.8 Å². The second-order valence-electron chi connectivity index (χ2n) is 4.54. The standard InChI is InChI=1S/C12H15FN2O4S2/c13-11-2-1-9(5-10(11)12(14)20)21(17,18)15-3-4-19-8(6-15)7-16/h1-2,5,8,16H,3-4,6-7H2,(H2,14,20). The molecule has 1 aliphatic heterocycles. The van der Waals surface area contributed by atoms with E-state index >= 15 is 0 Å². The van der Waals surface area contributed by atoms with Gasteiger partial charge >= 0.3 is 0 Å². The number of ether oxygens (including phenoxy) is 1. The van der Waals surface area contributed by atoms with Gasteiger partial charge in [0.05, 0.1) is 24.2 Å². The lowest BCUT2D eigenvalue weighted by Crippen LogP contribution is -2.46. The summed E-state index contributed by atoms with van der Waals surface area (Å²) in [5, 5.41) is 9.07. The number of halogens is 1. The van der Waals surface area contributed by atoms with Crippen LogP contribution in [0.3, 0.4) is 0 Å². The van der Waals surface area contributed by atoms with Crippen LogP contribution in [-0.4, -0.2) is 55.2 Å². The number of sulfonamides is 1. The molecule has 6 nitrogen and oxygen atoms in total. The molecule has 0 radical (unpaired) electrons. The van der Waals surface area contributed by atoms with E-state index in [0.29, 0.717) is 0 Å². The van der Waals surface area contributed by atoms with Gasteiger partial charge < -0.3 is 15.6 Å². The molecule has 1 heterocycles. The summed E-state index contributed by atoms with van der Waals surface area (Å²) in [4.78, 5) is -0.301. The minimum atomic E-state index is -3.82. The highest BCUT2D eigenvalue weighted by Crippen LogP contribution is 2.21. The van der Waals surface area contributed by atoms with E-state index in [1.165, 1.54) is 4.31 Å². The van der Waals surface area contributed by atoms with Gasteiger partial charge in [0.1, 0.15) is 10.8 Å². The van der Waals surface area contributed by atoms with E-state index in [9.17, 15) is 12.8 Å².